The van der Waals surface area contributed by atoms with Gasteiger partial charge in [0.05, 0.1) is 23.7 Å². The number of fused-ring (bicyclic) bond motifs is 1. The number of pyridine rings is 1. The van der Waals surface area contributed by atoms with Crippen LogP contribution in [0, 0.1) is 0 Å². The van der Waals surface area contributed by atoms with Gasteiger partial charge in [-0.2, -0.15) is 0 Å². The second-order valence-corrected chi connectivity index (χ2v) is 6.48. The van der Waals surface area contributed by atoms with Gasteiger partial charge in [-0.25, -0.2) is 9.97 Å². The number of unbranched alkanes of at least 4 members (excludes halogenated alkanes) is 1. The van der Waals surface area contributed by atoms with Gasteiger partial charge in [0.2, 0.25) is 0 Å². The molecule has 0 unspecified atom stereocenters. The minimum absolute atomic E-state index is 0.461. The highest BCUT2D eigenvalue weighted by Gasteiger charge is 2.16. The summed E-state index contributed by atoms with van der Waals surface area (Å²) in [5.41, 5.74) is 11.0. The van der Waals surface area contributed by atoms with E-state index in [1.807, 2.05) is 12.1 Å². The van der Waals surface area contributed by atoms with Crippen molar-refractivity contribution >= 4 is 16.9 Å². The number of rotatable bonds is 6. The minimum atomic E-state index is 0.461. The molecule has 1 aromatic carbocycles. The number of nitrogens with two attached hydrogens (primary N) is 1. The van der Waals surface area contributed by atoms with E-state index in [2.05, 4.69) is 46.8 Å². The van der Waals surface area contributed by atoms with E-state index >= 15 is 0 Å². The Bertz CT molecular complexity index is 1000. The monoisotopic (exact) mass is 346 g/mol. The van der Waals surface area contributed by atoms with Crippen LogP contribution in [0.3, 0.4) is 0 Å². The highest BCUT2D eigenvalue weighted by Crippen LogP contribution is 2.28. The molecule has 0 fully saturated rings. The molecule has 0 saturated heterocycles. The van der Waals surface area contributed by atoms with Crippen molar-refractivity contribution in [3.05, 3.63) is 66.4 Å². The molecule has 3 heterocycles. The number of nitrogens with zero attached hydrogens (tertiary/aromatic N) is 3. The van der Waals surface area contributed by atoms with Crippen LogP contribution in [0.25, 0.3) is 22.3 Å². The standard InChI is InChI=1S/C21H22N4O/c1-2-3-9-19-24-20-18(25(19)13-15-7-5-4-6-8-15)12-17(23-21(20)22)16-10-11-26-14-16/h4-8,10-12,14H,2-3,9,13H2,1H3,(H2,22,23). The third kappa shape index (κ3) is 3.08. The zero-order chi connectivity index (χ0) is 17.9. The number of aromatic nitrogens is 3. The molecule has 26 heavy (non-hydrogen) atoms. The van der Waals surface area contributed by atoms with Crippen LogP contribution in [0.2, 0.25) is 0 Å². The second-order valence-electron chi connectivity index (χ2n) is 6.48. The summed E-state index contributed by atoms with van der Waals surface area (Å²) in [6.45, 7) is 2.96. The highest BCUT2D eigenvalue weighted by atomic mass is 16.3. The van der Waals surface area contributed by atoms with E-state index in [0.29, 0.717) is 5.82 Å². The quantitative estimate of drug-likeness (QED) is 0.551. The third-order valence-electron chi connectivity index (χ3n) is 4.60. The molecule has 3 aromatic heterocycles. The lowest BCUT2D eigenvalue weighted by atomic mass is 10.2. The van der Waals surface area contributed by atoms with Gasteiger partial charge in [-0.15, -0.1) is 0 Å². The predicted molar refractivity (Wildman–Crippen MR) is 104 cm³/mol. The number of nitrogen functional groups attached to an aromatic ring is 1. The molecule has 0 aliphatic rings. The van der Waals surface area contributed by atoms with Gasteiger partial charge in [-0.3, -0.25) is 0 Å². The van der Waals surface area contributed by atoms with Crippen LogP contribution in [0.4, 0.5) is 5.82 Å². The molecule has 4 rings (SSSR count). The summed E-state index contributed by atoms with van der Waals surface area (Å²) in [4.78, 5) is 9.35. The Morgan fingerprint density at radius 3 is 2.69 bits per heavy atom. The SMILES string of the molecule is CCCCc1nc2c(N)nc(-c3ccoc3)cc2n1Cc1ccccc1. The first kappa shape index (κ1) is 16.4. The molecular weight excluding hydrogens is 324 g/mol. The van der Waals surface area contributed by atoms with Gasteiger partial charge in [-0.1, -0.05) is 43.7 Å². The molecule has 0 aliphatic carbocycles. The third-order valence-corrected chi connectivity index (χ3v) is 4.60. The topological polar surface area (TPSA) is 69.9 Å². The molecular formula is C21H22N4O. The van der Waals surface area contributed by atoms with Crippen molar-refractivity contribution in [3.8, 4) is 11.3 Å². The maximum atomic E-state index is 6.25. The van der Waals surface area contributed by atoms with E-state index in [1.54, 1.807) is 12.5 Å². The fraction of sp³-hybridized carbons (Fsp3) is 0.238. The smallest absolute Gasteiger partial charge is 0.152 e. The average Bonchev–Trinajstić information content (AvgIpc) is 3.30. The van der Waals surface area contributed by atoms with Gasteiger partial charge < -0.3 is 14.7 Å². The van der Waals surface area contributed by atoms with E-state index in [9.17, 15) is 0 Å². The van der Waals surface area contributed by atoms with E-state index in [0.717, 1.165) is 53.9 Å². The maximum absolute atomic E-state index is 6.25. The lowest BCUT2D eigenvalue weighted by molar-refractivity contribution is 0.568. The molecule has 0 spiro atoms. The molecule has 0 amide bonds. The number of benzene rings is 1. The first-order valence-corrected chi connectivity index (χ1v) is 8.98. The van der Waals surface area contributed by atoms with Gasteiger partial charge >= 0.3 is 0 Å². The number of imidazole rings is 1. The van der Waals surface area contributed by atoms with Crippen molar-refractivity contribution in [1.82, 2.24) is 14.5 Å². The van der Waals surface area contributed by atoms with Crippen molar-refractivity contribution in [2.45, 2.75) is 32.7 Å². The van der Waals surface area contributed by atoms with Crippen LogP contribution in [0.15, 0.2) is 59.4 Å². The first-order valence-electron chi connectivity index (χ1n) is 8.98. The van der Waals surface area contributed by atoms with Crippen LogP contribution in [-0.4, -0.2) is 14.5 Å². The summed E-state index contributed by atoms with van der Waals surface area (Å²) in [7, 11) is 0. The summed E-state index contributed by atoms with van der Waals surface area (Å²) in [5.74, 6) is 1.52. The van der Waals surface area contributed by atoms with Gasteiger partial charge in [0.15, 0.2) is 5.82 Å². The number of hydrogen-bond donors (Lipinski definition) is 1. The molecule has 0 atom stereocenters. The van der Waals surface area contributed by atoms with Gasteiger partial charge in [0.1, 0.15) is 11.3 Å². The summed E-state index contributed by atoms with van der Waals surface area (Å²) in [5, 5.41) is 0. The largest absolute Gasteiger partial charge is 0.472 e. The Kier molecular flexibility index (Phi) is 4.44. The van der Waals surface area contributed by atoms with E-state index in [1.165, 1.54) is 5.56 Å². The van der Waals surface area contributed by atoms with Gasteiger partial charge in [0, 0.05) is 18.5 Å². The fourth-order valence-electron chi connectivity index (χ4n) is 3.22. The van der Waals surface area contributed by atoms with Crippen molar-refractivity contribution < 1.29 is 4.42 Å². The van der Waals surface area contributed by atoms with Gasteiger partial charge in [-0.05, 0) is 24.1 Å². The van der Waals surface area contributed by atoms with Crippen molar-refractivity contribution in [2.75, 3.05) is 5.73 Å². The average molecular weight is 346 g/mol. The van der Waals surface area contributed by atoms with E-state index in [-0.39, 0.29) is 0 Å². The zero-order valence-electron chi connectivity index (χ0n) is 14.9. The Balaban J connectivity index is 1.86. The Labute approximate surface area is 152 Å². The van der Waals surface area contributed by atoms with Crippen LogP contribution < -0.4 is 5.73 Å². The number of anilines is 1. The minimum Gasteiger partial charge on any atom is -0.472 e. The summed E-state index contributed by atoms with van der Waals surface area (Å²) in [6, 6.07) is 14.4. The first-order chi connectivity index (χ1) is 12.8. The molecule has 5 nitrogen and oxygen atoms in total. The molecule has 0 radical (unpaired) electrons. The zero-order valence-corrected chi connectivity index (χ0v) is 14.9. The van der Waals surface area contributed by atoms with Crippen molar-refractivity contribution in [3.63, 3.8) is 0 Å². The summed E-state index contributed by atoms with van der Waals surface area (Å²) < 4.78 is 7.47. The normalized spacial score (nSPS) is 11.3. The van der Waals surface area contributed by atoms with E-state index in [4.69, 9.17) is 15.1 Å². The fourth-order valence-corrected chi connectivity index (χ4v) is 3.22. The lowest BCUT2D eigenvalue weighted by Crippen LogP contribution is -2.05. The molecule has 5 heteroatoms. The van der Waals surface area contributed by atoms with Crippen molar-refractivity contribution in [1.29, 1.82) is 0 Å². The highest BCUT2D eigenvalue weighted by molar-refractivity contribution is 5.89. The van der Waals surface area contributed by atoms with Crippen LogP contribution >= 0.6 is 0 Å². The molecule has 0 saturated carbocycles. The molecule has 132 valence electrons. The maximum Gasteiger partial charge on any atom is 0.152 e. The summed E-state index contributed by atoms with van der Waals surface area (Å²) in [6.07, 6.45) is 6.48. The molecule has 0 aliphatic heterocycles. The van der Waals surface area contributed by atoms with E-state index < -0.39 is 0 Å². The second kappa shape index (κ2) is 7.04. The van der Waals surface area contributed by atoms with Crippen LogP contribution in [0.1, 0.15) is 31.2 Å². The number of hydrogen-bond acceptors (Lipinski definition) is 4. The Morgan fingerprint density at radius 2 is 1.96 bits per heavy atom. The molecule has 2 N–H and O–H groups in total. The molecule has 4 aromatic rings. The number of furan rings is 1. The Hall–Kier alpha value is -3.08. The Morgan fingerprint density at radius 1 is 1.12 bits per heavy atom. The predicted octanol–water partition coefficient (Wildman–Crippen LogP) is 4.66. The van der Waals surface area contributed by atoms with Crippen LogP contribution in [0.5, 0.6) is 0 Å². The summed E-state index contributed by atoms with van der Waals surface area (Å²) >= 11 is 0. The van der Waals surface area contributed by atoms with Gasteiger partial charge in [0.25, 0.3) is 0 Å². The van der Waals surface area contributed by atoms with Crippen molar-refractivity contribution in [2.24, 2.45) is 0 Å². The lowest BCUT2D eigenvalue weighted by Gasteiger charge is -2.10. The molecule has 0 bridgehead atoms. The number of aryl methyl sites for hydroxylation is 1. The van der Waals surface area contributed by atoms with Crippen LogP contribution in [-0.2, 0) is 13.0 Å².